The summed E-state index contributed by atoms with van der Waals surface area (Å²) in [5.74, 6) is -0.514. The highest BCUT2D eigenvalue weighted by atomic mass is 16.5. The van der Waals surface area contributed by atoms with E-state index in [1.807, 2.05) is 0 Å². The Kier molecular flexibility index (Phi) is 5.55. The molecule has 1 N–H and O–H groups in total. The van der Waals surface area contributed by atoms with Crippen LogP contribution in [0.1, 0.15) is 5.56 Å². The number of urea groups is 1. The molecule has 0 radical (unpaired) electrons. The zero-order valence-corrected chi connectivity index (χ0v) is 15.2. The molecular formula is C21H18N2O5. The number of barbiturate groups is 1. The molecule has 0 spiro atoms. The van der Waals surface area contributed by atoms with Crippen LogP contribution in [0.4, 0.5) is 10.5 Å². The Morgan fingerprint density at radius 2 is 1.82 bits per heavy atom. The Labute approximate surface area is 161 Å². The third-order valence-electron chi connectivity index (χ3n) is 3.97. The van der Waals surface area contributed by atoms with Crippen LogP contribution in [0.5, 0.6) is 11.5 Å². The van der Waals surface area contributed by atoms with E-state index in [0.29, 0.717) is 29.4 Å². The van der Waals surface area contributed by atoms with Crippen molar-refractivity contribution >= 4 is 29.6 Å². The van der Waals surface area contributed by atoms with Crippen LogP contribution in [-0.4, -0.2) is 31.6 Å². The first-order chi connectivity index (χ1) is 13.5. The van der Waals surface area contributed by atoms with E-state index in [2.05, 4.69) is 11.9 Å². The van der Waals surface area contributed by atoms with Gasteiger partial charge in [0.05, 0.1) is 12.8 Å². The summed E-state index contributed by atoms with van der Waals surface area (Å²) in [6.45, 7) is 3.90. The molecule has 0 aliphatic carbocycles. The fraction of sp³-hybridized carbons (Fsp3) is 0.0952. The van der Waals surface area contributed by atoms with Crippen LogP contribution in [0, 0.1) is 0 Å². The minimum atomic E-state index is -0.788. The van der Waals surface area contributed by atoms with E-state index in [0.717, 1.165) is 4.90 Å². The number of para-hydroxylation sites is 1. The lowest BCUT2D eigenvalue weighted by Crippen LogP contribution is -2.54. The van der Waals surface area contributed by atoms with Gasteiger partial charge in [0, 0.05) is 0 Å². The van der Waals surface area contributed by atoms with Gasteiger partial charge < -0.3 is 9.47 Å². The number of hydrogen-bond acceptors (Lipinski definition) is 5. The number of imide groups is 2. The normalized spacial score (nSPS) is 15.4. The number of nitrogens with one attached hydrogen (secondary N) is 1. The van der Waals surface area contributed by atoms with Gasteiger partial charge in [0.1, 0.15) is 12.2 Å². The van der Waals surface area contributed by atoms with Gasteiger partial charge in [-0.25, -0.2) is 9.69 Å². The number of methoxy groups -OCH3 is 1. The highest BCUT2D eigenvalue weighted by molar-refractivity contribution is 6.39. The molecule has 1 saturated heterocycles. The molecule has 0 saturated carbocycles. The molecule has 142 valence electrons. The van der Waals surface area contributed by atoms with E-state index in [9.17, 15) is 14.4 Å². The van der Waals surface area contributed by atoms with E-state index in [-0.39, 0.29) is 5.57 Å². The molecule has 3 rings (SSSR count). The second-order valence-corrected chi connectivity index (χ2v) is 5.80. The molecule has 2 aromatic carbocycles. The van der Waals surface area contributed by atoms with E-state index < -0.39 is 17.8 Å². The fourth-order valence-corrected chi connectivity index (χ4v) is 2.68. The quantitative estimate of drug-likeness (QED) is 0.475. The van der Waals surface area contributed by atoms with E-state index in [4.69, 9.17) is 9.47 Å². The van der Waals surface area contributed by atoms with Gasteiger partial charge in [0.15, 0.2) is 11.5 Å². The van der Waals surface area contributed by atoms with Gasteiger partial charge in [-0.15, -0.1) is 0 Å². The number of nitrogens with zero attached hydrogens (tertiary/aromatic N) is 1. The maximum atomic E-state index is 12.8. The summed E-state index contributed by atoms with van der Waals surface area (Å²) in [6, 6.07) is 12.6. The van der Waals surface area contributed by atoms with Crippen LogP contribution in [0.15, 0.2) is 66.8 Å². The summed E-state index contributed by atoms with van der Waals surface area (Å²) in [5.41, 5.74) is 0.753. The number of hydrogen-bond donors (Lipinski definition) is 1. The molecule has 4 amide bonds. The van der Waals surface area contributed by atoms with E-state index >= 15 is 0 Å². The van der Waals surface area contributed by atoms with Crippen LogP contribution in [0.2, 0.25) is 0 Å². The van der Waals surface area contributed by atoms with E-state index in [1.165, 1.54) is 13.2 Å². The number of anilines is 1. The Hall–Kier alpha value is -3.87. The highest BCUT2D eigenvalue weighted by Crippen LogP contribution is 2.29. The van der Waals surface area contributed by atoms with Gasteiger partial charge >= 0.3 is 6.03 Å². The number of carbonyl (C=O) groups is 3. The van der Waals surface area contributed by atoms with Crippen LogP contribution in [-0.2, 0) is 9.59 Å². The first-order valence-corrected chi connectivity index (χ1v) is 8.43. The molecule has 7 nitrogen and oxygen atoms in total. The molecule has 1 heterocycles. The van der Waals surface area contributed by atoms with Gasteiger partial charge in [-0.1, -0.05) is 36.9 Å². The van der Waals surface area contributed by atoms with Crippen LogP contribution < -0.4 is 19.7 Å². The first kappa shape index (κ1) is 18.9. The lowest BCUT2D eigenvalue weighted by atomic mass is 10.1. The van der Waals surface area contributed by atoms with Crippen LogP contribution >= 0.6 is 0 Å². The van der Waals surface area contributed by atoms with Gasteiger partial charge in [-0.2, -0.15) is 0 Å². The van der Waals surface area contributed by atoms with Crippen molar-refractivity contribution in [2.24, 2.45) is 0 Å². The molecule has 2 aromatic rings. The first-order valence-electron chi connectivity index (χ1n) is 8.43. The second-order valence-electron chi connectivity index (χ2n) is 5.80. The molecule has 0 atom stereocenters. The van der Waals surface area contributed by atoms with Crippen molar-refractivity contribution in [1.29, 1.82) is 0 Å². The van der Waals surface area contributed by atoms with Crippen molar-refractivity contribution in [2.75, 3.05) is 18.6 Å². The molecular weight excluding hydrogens is 360 g/mol. The van der Waals surface area contributed by atoms with Crippen molar-refractivity contribution in [2.45, 2.75) is 0 Å². The fourth-order valence-electron chi connectivity index (χ4n) is 2.68. The van der Waals surface area contributed by atoms with Gasteiger partial charge in [-0.05, 0) is 35.9 Å². The maximum Gasteiger partial charge on any atom is 0.335 e. The molecule has 7 heteroatoms. The minimum absolute atomic E-state index is 0.162. The zero-order valence-electron chi connectivity index (χ0n) is 15.2. The SMILES string of the molecule is C=CCOc1ccc(/C=C2\C(=O)NC(=O)N(c3ccccc3)C2=O)cc1OC. The molecule has 0 unspecified atom stereocenters. The number of amides is 4. The summed E-state index contributed by atoms with van der Waals surface area (Å²) >= 11 is 0. The van der Waals surface area contributed by atoms with Crippen molar-refractivity contribution in [1.82, 2.24) is 5.32 Å². The summed E-state index contributed by atoms with van der Waals surface area (Å²) < 4.78 is 10.8. The highest BCUT2D eigenvalue weighted by Gasteiger charge is 2.36. The summed E-state index contributed by atoms with van der Waals surface area (Å²) in [6.07, 6.45) is 3.01. The Morgan fingerprint density at radius 3 is 2.50 bits per heavy atom. The van der Waals surface area contributed by atoms with E-state index in [1.54, 1.807) is 54.6 Å². The smallest absolute Gasteiger partial charge is 0.335 e. The van der Waals surface area contributed by atoms with Gasteiger partial charge in [0.25, 0.3) is 11.8 Å². The molecule has 1 fully saturated rings. The predicted molar refractivity (Wildman–Crippen MR) is 104 cm³/mol. The summed E-state index contributed by atoms with van der Waals surface area (Å²) in [5, 5.41) is 2.19. The molecule has 1 aliphatic rings. The zero-order chi connectivity index (χ0) is 20.1. The van der Waals surface area contributed by atoms with Crippen molar-refractivity contribution in [3.05, 3.63) is 72.3 Å². The third kappa shape index (κ3) is 3.78. The number of benzene rings is 2. The topological polar surface area (TPSA) is 84.9 Å². The molecule has 28 heavy (non-hydrogen) atoms. The van der Waals surface area contributed by atoms with Crippen LogP contribution in [0.25, 0.3) is 6.08 Å². The average molecular weight is 378 g/mol. The Morgan fingerprint density at radius 1 is 1.07 bits per heavy atom. The molecule has 1 aliphatic heterocycles. The summed E-state index contributed by atoms with van der Waals surface area (Å²) in [7, 11) is 1.49. The molecule has 0 bridgehead atoms. The number of carbonyl (C=O) groups excluding carboxylic acids is 3. The lowest BCUT2D eigenvalue weighted by molar-refractivity contribution is -0.122. The lowest BCUT2D eigenvalue weighted by Gasteiger charge is -2.26. The summed E-state index contributed by atoms with van der Waals surface area (Å²) in [4.78, 5) is 38.2. The molecule has 0 aromatic heterocycles. The predicted octanol–water partition coefficient (Wildman–Crippen LogP) is 2.93. The largest absolute Gasteiger partial charge is 0.493 e. The minimum Gasteiger partial charge on any atom is -0.493 e. The number of rotatable bonds is 6. The van der Waals surface area contributed by atoms with Gasteiger partial charge in [-0.3, -0.25) is 14.9 Å². The van der Waals surface area contributed by atoms with Crippen molar-refractivity contribution in [3.63, 3.8) is 0 Å². The van der Waals surface area contributed by atoms with Crippen molar-refractivity contribution < 1.29 is 23.9 Å². The van der Waals surface area contributed by atoms with Crippen LogP contribution in [0.3, 0.4) is 0 Å². The van der Waals surface area contributed by atoms with Gasteiger partial charge in [0.2, 0.25) is 0 Å². The average Bonchev–Trinajstić information content (AvgIpc) is 2.70. The Bertz CT molecular complexity index is 966. The second kappa shape index (κ2) is 8.22. The third-order valence-corrected chi connectivity index (χ3v) is 3.97. The monoisotopic (exact) mass is 378 g/mol. The van der Waals surface area contributed by atoms with Crippen molar-refractivity contribution in [3.8, 4) is 11.5 Å². The standard InChI is InChI=1S/C21H18N2O5/c1-3-11-28-17-10-9-14(13-18(17)27-2)12-16-19(24)22-21(26)23(20(16)25)15-7-5-4-6-8-15/h3-10,12-13H,1,11H2,2H3,(H,22,24,26)/b16-12+. The Balaban J connectivity index is 1.96. The number of ether oxygens (including phenoxy) is 2. The maximum absolute atomic E-state index is 12.8.